The molecule has 1 fully saturated rings. The van der Waals surface area contributed by atoms with Crippen LogP contribution in [0.4, 0.5) is 4.39 Å². The number of benzene rings is 2. The van der Waals surface area contributed by atoms with E-state index >= 15 is 0 Å². The molecule has 1 heterocycles. The zero-order valence-electron chi connectivity index (χ0n) is 15.8. The Morgan fingerprint density at radius 3 is 2.38 bits per heavy atom. The standard InChI is InChI=1S/C15H20FNO2.C7H8/c1-3-11-8-17(7-10(11)2)9-15(19)12-4-5-14(18)13(16)6-12;1-7-5-3-2-4-6-7/h4-6,10-11,18H,3,7-9H2,1-2H3;2-6H,1H3/t10-,11+;/m0./s1. The van der Waals surface area contributed by atoms with Crippen molar-refractivity contribution in [2.75, 3.05) is 19.6 Å². The van der Waals surface area contributed by atoms with Crippen molar-refractivity contribution in [2.24, 2.45) is 11.8 Å². The minimum Gasteiger partial charge on any atom is -0.505 e. The number of carbonyl (C=O) groups excluding carboxylic acids is 1. The van der Waals surface area contributed by atoms with Crippen LogP contribution in [0.5, 0.6) is 5.75 Å². The second-order valence-electron chi connectivity index (χ2n) is 7.08. The molecule has 0 spiro atoms. The topological polar surface area (TPSA) is 40.5 Å². The highest BCUT2D eigenvalue weighted by Crippen LogP contribution is 2.25. The van der Waals surface area contributed by atoms with Crippen LogP contribution >= 0.6 is 0 Å². The molecule has 0 amide bonds. The van der Waals surface area contributed by atoms with E-state index in [1.54, 1.807) is 0 Å². The Hall–Kier alpha value is -2.20. The van der Waals surface area contributed by atoms with Gasteiger partial charge in [-0.05, 0) is 37.0 Å². The van der Waals surface area contributed by atoms with E-state index in [1.165, 1.54) is 17.7 Å². The van der Waals surface area contributed by atoms with Crippen molar-refractivity contribution >= 4 is 5.78 Å². The molecule has 1 saturated heterocycles. The van der Waals surface area contributed by atoms with Gasteiger partial charge in [-0.25, -0.2) is 4.39 Å². The van der Waals surface area contributed by atoms with Crippen molar-refractivity contribution in [3.05, 3.63) is 65.5 Å². The molecule has 2 aromatic rings. The summed E-state index contributed by atoms with van der Waals surface area (Å²) >= 11 is 0. The van der Waals surface area contributed by atoms with Crippen LogP contribution in [-0.4, -0.2) is 35.4 Å². The van der Waals surface area contributed by atoms with Crippen LogP contribution < -0.4 is 0 Å². The van der Waals surface area contributed by atoms with E-state index in [1.807, 2.05) is 18.2 Å². The molecule has 2 aromatic carbocycles. The SMILES string of the molecule is CC[C@@H]1CN(CC(=O)c2ccc(O)c(F)c2)C[C@@H]1C.Cc1ccccc1. The van der Waals surface area contributed by atoms with E-state index in [2.05, 4.69) is 37.8 Å². The number of halogens is 1. The van der Waals surface area contributed by atoms with Crippen molar-refractivity contribution in [3.63, 3.8) is 0 Å². The van der Waals surface area contributed by atoms with Gasteiger partial charge in [-0.1, -0.05) is 56.2 Å². The largest absolute Gasteiger partial charge is 0.505 e. The van der Waals surface area contributed by atoms with Crippen molar-refractivity contribution in [1.82, 2.24) is 4.90 Å². The summed E-state index contributed by atoms with van der Waals surface area (Å²) in [7, 11) is 0. The number of aryl methyl sites for hydroxylation is 1. The number of aromatic hydroxyl groups is 1. The third-order valence-corrected chi connectivity index (χ3v) is 4.95. The number of rotatable bonds is 4. The Morgan fingerprint density at radius 1 is 1.19 bits per heavy atom. The van der Waals surface area contributed by atoms with Gasteiger partial charge < -0.3 is 5.11 Å². The van der Waals surface area contributed by atoms with Crippen LogP contribution in [0.15, 0.2) is 48.5 Å². The summed E-state index contributed by atoms with van der Waals surface area (Å²) in [5, 5.41) is 9.11. The fourth-order valence-corrected chi connectivity index (χ4v) is 3.31. The van der Waals surface area contributed by atoms with Gasteiger partial charge in [-0.15, -0.1) is 0 Å². The third kappa shape index (κ3) is 5.67. The molecule has 0 radical (unpaired) electrons. The zero-order chi connectivity index (χ0) is 19.1. The lowest BCUT2D eigenvalue weighted by molar-refractivity contribution is 0.0942. The number of phenolic OH excluding ortho intramolecular Hbond substituents is 1. The van der Waals surface area contributed by atoms with Gasteiger partial charge >= 0.3 is 0 Å². The quantitative estimate of drug-likeness (QED) is 0.807. The van der Waals surface area contributed by atoms with E-state index in [9.17, 15) is 9.18 Å². The maximum absolute atomic E-state index is 13.2. The van der Waals surface area contributed by atoms with E-state index in [0.717, 1.165) is 25.6 Å². The number of ketones is 1. The van der Waals surface area contributed by atoms with Crippen LogP contribution in [0.2, 0.25) is 0 Å². The van der Waals surface area contributed by atoms with Crippen LogP contribution in [0.3, 0.4) is 0 Å². The Labute approximate surface area is 155 Å². The minimum atomic E-state index is -0.743. The Balaban J connectivity index is 0.000000290. The maximum atomic E-state index is 13.2. The Kier molecular flexibility index (Phi) is 7.34. The molecule has 0 aliphatic carbocycles. The van der Waals surface area contributed by atoms with Gasteiger partial charge in [0.25, 0.3) is 0 Å². The first-order valence-corrected chi connectivity index (χ1v) is 9.16. The Bertz CT molecular complexity index is 717. The molecule has 4 heteroatoms. The summed E-state index contributed by atoms with van der Waals surface area (Å²) in [6, 6.07) is 14.1. The number of hydrogen-bond donors (Lipinski definition) is 1. The summed E-state index contributed by atoms with van der Waals surface area (Å²) in [4.78, 5) is 14.2. The molecule has 140 valence electrons. The fraction of sp³-hybridized carbons (Fsp3) is 0.409. The van der Waals surface area contributed by atoms with Gasteiger partial charge in [0.15, 0.2) is 17.3 Å². The molecule has 26 heavy (non-hydrogen) atoms. The van der Waals surface area contributed by atoms with Crippen LogP contribution in [0, 0.1) is 24.6 Å². The average molecular weight is 357 g/mol. The highest BCUT2D eigenvalue weighted by molar-refractivity contribution is 5.97. The highest BCUT2D eigenvalue weighted by atomic mass is 19.1. The lowest BCUT2D eigenvalue weighted by atomic mass is 9.96. The maximum Gasteiger partial charge on any atom is 0.176 e. The number of phenols is 1. The minimum absolute atomic E-state index is 0.0946. The van der Waals surface area contributed by atoms with E-state index < -0.39 is 11.6 Å². The summed E-state index contributed by atoms with van der Waals surface area (Å²) in [6.45, 7) is 8.64. The van der Waals surface area contributed by atoms with Crippen LogP contribution in [0.1, 0.15) is 36.2 Å². The van der Waals surface area contributed by atoms with Gasteiger partial charge in [0.1, 0.15) is 0 Å². The van der Waals surface area contributed by atoms with E-state index in [4.69, 9.17) is 5.11 Å². The van der Waals surface area contributed by atoms with Gasteiger partial charge in [0.05, 0.1) is 6.54 Å². The zero-order valence-corrected chi connectivity index (χ0v) is 15.8. The smallest absolute Gasteiger partial charge is 0.176 e. The molecule has 0 bridgehead atoms. The van der Waals surface area contributed by atoms with Crippen molar-refractivity contribution in [3.8, 4) is 5.75 Å². The summed E-state index contributed by atoms with van der Waals surface area (Å²) < 4.78 is 13.2. The first-order valence-electron chi connectivity index (χ1n) is 9.16. The molecule has 0 saturated carbocycles. The fourth-order valence-electron chi connectivity index (χ4n) is 3.31. The van der Waals surface area contributed by atoms with Crippen LogP contribution in [0.25, 0.3) is 0 Å². The molecule has 0 unspecified atom stereocenters. The van der Waals surface area contributed by atoms with Gasteiger partial charge in [0, 0.05) is 18.7 Å². The molecule has 3 nitrogen and oxygen atoms in total. The summed E-state index contributed by atoms with van der Waals surface area (Å²) in [5.74, 6) is -0.00831. The molecular formula is C22H28FNO2. The first kappa shape index (κ1) is 20.1. The first-order chi connectivity index (χ1) is 12.4. The number of hydrogen-bond acceptors (Lipinski definition) is 3. The molecule has 1 N–H and O–H groups in total. The second-order valence-corrected chi connectivity index (χ2v) is 7.08. The van der Waals surface area contributed by atoms with E-state index in [0.29, 0.717) is 23.9 Å². The number of carbonyl (C=O) groups is 1. The molecule has 1 aliphatic rings. The summed E-state index contributed by atoms with van der Waals surface area (Å²) in [6.07, 6.45) is 1.12. The average Bonchev–Trinajstić information content (AvgIpc) is 2.98. The normalized spacial score (nSPS) is 19.7. The Morgan fingerprint density at radius 2 is 1.88 bits per heavy atom. The lowest BCUT2D eigenvalue weighted by Crippen LogP contribution is -2.28. The number of nitrogens with zero attached hydrogens (tertiary/aromatic N) is 1. The van der Waals surface area contributed by atoms with Gasteiger partial charge in [-0.2, -0.15) is 0 Å². The van der Waals surface area contributed by atoms with Gasteiger partial charge in [-0.3, -0.25) is 9.69 Å². The van der Waals surface area contributed by atoms with Crippen molar-refractivity contribution in [1.29, 1.82) is 0 Å². The number of likely N-dealkylation sites (tertiary alicyclic amines) is 1. The predicted molar refractivity (Wildman–Crippen MR) is 103 cm³/mol. The van der Waals surface area contributed by atoms with Gasteiger partial charge in [0.2, 0.25) is 0 Å². The van der Waals surface area contributed by atoms with Crippen molar-refractivity contribution < 1.29 is 14.3 Å². The molecule has 1 aliphatic heterocycles. The number of Topliss-reactive ketones (excluding diaryl/α,β-unsaturated/α-hetero) is 1. The second kappa shape index (κ2) is 9.48. The summed E-state index contributed by atoms with van der Waals surface area (Å²) in [5.41, 5.74) is 1.64. The van der Waals surface area contributed by atoms with E-state index in [-0.39, 0.29) is 5.78 Å². The predicted octanol–water partition coefficient (Wildman–Crippen LogP) is 4.69. The third-order valence-electron chi connectivity index (χ3n) is 4.95. The van der Waals surface area contributed by atoms with Crippen molar-refractivity contribution in [2.45, 2.75) is 27.2 Å². The highest BCUT2D eigenvalue weighted by Gasteiger charge is 2.29. The molecular weight excluding hydrogens is 329 g/mol. The monoisotopic (exact) mass is 357 g/mol. The molecule has 3 rings (SSSR count). The molecule has 0 aromatic heterocycles. The van der Waals surface area contributed by atoms with Crippen LogP contribution in [-0.2, 0) is 0 Å². The lowest BCUT2D eigenvalue weighted by Gasteiger charge is -2.14. The molecule has 2 atom stereocenters.